The molecule has 1 N–H and O–H groups in total. The molecule has 3 rings (SSSR count). The van der Waals surface area contributed by atoms with E-state index in [0.717, 1.165) is 23.7 Å². The van der Waals surface area contributed by atoms with Crippen molar-refractivity contribution in [1.82, 2.24) is 14.3 Å². The second-order valence-corrected chi connectivity index (χ2v) is 6.65. The zero-order valence-corrected chi connectivity index (χ0v) is 12.9. The summed E-state index contributed by atoms with van der Waals surface area (Å²) in [5.74, 6) is -1.84. The molecule has 2 aromatic carbocycles. The predicted molar refractivity (Wildman–Crippen MR) is 81.1 cm³/mol. The largest absolute Gasteiger partial charge is 0.330 e. The average molecular weight is 337 g/mol. The molecule has 0 atom stereocenters. The van der Waals surface area contributed by atoms with E-state index in [2.05, 4.69) is 9.71 Å². The first kappa shape index (κ1) is 15.6. The summed E-state index contributed by atoms with van der Waals surface area (Å²) in [6.45, 7) is -0.179. The highest BCUT2D eigenvalue weighted by atomic mass is 32.2. The number of rotatable bonds is 4. The Kier molecular flexibility index (Phi) is 3.87. The molecule has 120 valence electrons. The number of imidazole rings is 1. The van der Waals surface area contributed by atoms with Gasteiger partial charge in [-0.15, -0.1) is 0 Å². The number of aromatic nitrogens is 2. The Morgan fingerprint density at radius 2 is 1.74 bits per heavy atom. The van der Waals surface area contributed by atoms with Crippen LogP contribution in [0.5, 0.6) is 0 Å². The van der Waals surface area contributed by atoms with Gasteiger partial charge in [-0.25, -0.2) is 26.9 Å². The molecular weight excluding hydrogens is 324 g/mol. The minimum atomic E-state index is -4.33. The average Bonchev–Trinajstić information content (AvgIpc) is 2.82. The maximum atomic E-state index is 13.6. The topological polar surface area (TPSA) is 64.0 Å². The lowest BCUT2D eigenvalue weighted by molar-refractivity contribution is 0.513. The lowest BCUT2D eigenvalue weighted by Gasteiger charge is -2.08. The number of nitrogens with one attached hydrogen (secondary N) is 1. The summed E-state index contributed by atoms with van der Waals surface area (Å²) in [6, 6.07) is 10.2. The third-order valence-electron chi connectivity index (χ3n) is 3.49. The highest BCUT2D eigenvalue weighted by Gasteiger charge is 2.24. The van der Waals surface area contributed by atoms with E-state index >= 15 is 0 Å². The van der Waals surface area contributed by atoms with Crippen LogP contribution in [0.2, 0.25) is 0 Å². The van der Waals surface area contributed by atoms with E-state index in [-0.39, 0.29) is 6.54 Å². The Bertz CT molecular complexity index is 963. The summed E-state index contributed by atoms with van der Waals surface area (Å²) in [5, 5.41) is 0. The van der Waals surface area contributed by atoms with Crippen molar-refractivity contribution in [3.8, 4) is 0 Å². The lowest BCUT2D eigenvalue weighted by Crippen LogP contribution is -2.26. The first-order valence-corrected chi connectivity index (χ1v) is 8.22. The van der Waals surface area contributed by atoms with Gasteiger partial charge >= 0.3 is 0 Å². The molecular formula is C15H13F2N3O2S. The Hall–Kier alpha value is -2.32. The summed E-state index contributed by atoms with van der Waals surface area (Å²) < 4.78 is 55.5. The van der Waals surface area contributed by atoms with Crippen LogP contribution >= 0.6 is 0 Å². The predicted octanol–water partition coefficient (Wildman–Crippen LogP) is 2.33. The van der Waals surface area contributed by atoms with Crippen LogP contribution in [0.15, 0.2) is 47.4 Å². The summed E-state index contributed by atoms with van der Waals surface area (Å²) in [5.41, 5.74) is 1.54. The number of hydrogen-bond acceptors (Lipinski definition) is 3. The molecule has 5 nitrogen and oxygen atoms in total. The van der Waals surface area contributed by atoms with Gasteiger partial charge in [0.25, 0.3) is 0 Å². The molecule has 0 radical (unpaired) electrons. The first-order chi connectivity index (χ1) is 10.9. The van der Waals surface area contributed by atoms with Gasteiger partial charge in [0.15, 0.2) is 4.90 Å². The number of para-hydroxylation sites is 2. The normalized spacial score (nSPS) is 12.0. The number of benzene rings is 2. The summed E-state index contributed by atoms with van der Waals surface area (Å²) in [4.78, 5) is 3.32. The molecule has 23 heavy (non-hydrogen) atoms. The van der Waals surface area contributed by atoms with Crippen molar-refractivity contribution in [2.45, 2.75) is 11.4 Å². The van der Waals surface area contributed by atoms with Crippen molar-refractivity contribution in [2.75, 3.05) is 0 Å². The van der Waals surface area contributed by atoms with Crippen molar-refractivity contribution in [3.05, 3.63) is 59.9 Å². The highest BCUT2D eigenvalue weighted by molar-refractivity contribution is 7.89. The molecule has 0 fully saturated rings. The van der Waals surface area contributed by atoms with Crippen LogP contribution in [0.1, 0.15) is 5.82 Å². The summed E-state index contributed by atoms with van der Waals surface area (Å²) in [6.07, 6.45) is 0. The molecule has 0 amide bonds. The van der Waals surface area contributed by atoms with Gasteiger partial charge in [-0.3, -0.25) is 0 Å². The third-order valence-corrected chi connectivity index (χ3v) is 4.94. The van der Waals surface area contributed by atoms with Gasteiger partial charge in [0, 0.05) is 7.05 Å². The van der Waals surface area contributed by atoms with Gasteiger partial charge in [0.1, 0.15) is 17.5 Å². The van der Waals surface area contributed by atoms with Crippen molar-refractivity contribution >= 4 is 21.1 Å². The molecule has 0 aliphatic heterocycles. The fourth-order valence-electron chi connectivity index (χ4n) is 2.32. The number of halogens is 2. The number of aryl methyl sites for hydroxylation is 1. The van der Waals surface area contributed by atoms with Crippen LogP contribution in [0.25, 0.3) is 11.0 Å². The molecule has 0 saturated heterocycles. The minimum Gasteiger partial charge on any atom is -0.330 e. The Labute approximate surface area is 131 Å². The fraction of sp³-hybridized carbons (Fsp3) is 0.133. The smallest absolute Gasteiger partial charge is 0.246 e. The van der Waals surface area contributed by atoms with Gasteiger partial charge < -0.3 is 4.57 Å². The molecule has 3 aromatic rings. The summed E-state index contributed by atoms with van der Waals surface area (Å²) in [7, 11) is -2.59. The van der Waals surface area contributed by atoms with Crippen LogP contribution in [0.3, 0.4) is 0 Å². The quantitative estimate of drug-likeness (QED) is 0.795. The molecule has 0 bridgehead atoms. The van der Waals surface area contributed by atoms with E-state index < -0.39 is 26.6 Å². The molecule has 0 aliphatic carbocycles. The highest BCUT2D eigenvalue weighted by Crippen LogP contribution is 2.19. The van der Waals surface area contributed by atoms with Crippen LogP contribution in [-0.4, -0.2) is 18.0 Å². The number of fused-ring (bicyclic) bond motifs is 1. The van der Waals surface area contributed by atoms with Crippen LogP contribution in [0, 0.1) is 11.6 Å². The molecule has 8 heteroatoms. The van der Waals surface area contributed by atoms with Crippen molar-refractivity contribution in [1.29, 1.82) is 0 Å². The summed E-state index contributed by atoms with van der Waals surface area (Å²) >= 11 is 0. The number of hydrogen-bond donors (Lipinski definition) is 1. The number of sulfonamides is 1. The monoisotopic (exact) mass is 337 g/mol. The maximum absolute atomic E-state index is 13.6. The van der Waals surface area contributed by atoms with E-state index in [9.17, 15) is 17.2 Å². The molecule has 1 aromatic heterocycles. The molecule has 0 aliphatic rings. The van der Waals surface area contributed by atoms with Crippen molar-refractivity contribution in [2.24, 2.45) is 7.05 Å². The minimum absolute atomic E-state index is 0.179. The molecule has 0 unspecified atom stereocenters. The van der Waals surface area contributed by atoms with Gasteiger partial charge in [0.05, 0.1) is 17.6 Å². The van der Waals surface area contributed by atoms with E-state index in [1.807, 2.05) is 18.2 Å². The second-order valence-electron chi connectivity index (χ2n) is 4.95. The van der Waals surface area contributed by atoms with Gasteiger partial charge in [-0.05, 0) is 24.3 Å². The molecule has 1 heterocycles. The lowest BCUT2D eigenvalue weighted by atomic mass is 10.3. The molecule has 0 saturated carbocycles. The third kappa shape index (κ3) is 2.82. The SMILES string of the molecule is Cn1c(CNS(=O)(=O)c2c(F)cccc2F)nc2ccccc21. The van der Waals surface area contributed by atoms with Crippen LogP contribution in [0.4, 0.5) is 8.78 Å². The van der Waals surface area contributed by atoms with Crippen molar-refractivity contribution < 1.29 is 17.2 Å². The number of nitrogens with zero attached hydrogens (tertiary/aromatic N) is 2. The van der Waals surface area contributed by atoms with Gasteiger partial charge in [-0.1, -0.05) is 18.2 Å². The Morgan fingerprint density at radius 3 is 2.39 bits per heavy atom. The Morgan fingerprint density at radius 1 is 1.09 bits per heavy atom. The van der Waals surface area contributed by atoms with Crippen LogP contribution in [-0.2, 0) is 23.6 Å². The zero-order valence-electron chi connectivity index (χ0n) is 12.1. The van der Waals surface area contributed by atoms with E-state index in [0.29, 0.717) is 11.3 Å². The maximum Gasteiger partial charge on any atom is 0.246 e. The van der Waals surface area contributed by atoms with E-state index in [4.69, 9.17) is 0 Å². The standard InChI is InChI=1S/C15H13F2N3O2S/c1-20-13-8-3-2-7-12(13)19-14(20)9-18-23(21,22)15-10(16)5-4-6-11(15)17/h2-8,18H,9H2,1H3. The van der Waals surface area contributed by atoms with Crippen molar-refractivity contribution in [3.63, 3.8) is 0 Å². The zero-order chi connectivity index (χ0) is 16.6. The first-order valence-electron chi connectivity index (χ1n) is 6.74. The van der Waals surface area contributed by atoms with E-state index in [1.165, 1.54) is 0 Å². The van der Waals surface area contributed by atoms with Gasteiger partial charge in [-0.2, -0.15) is 0 Å². The second kappa shape index (κ2) is 5.71. The fourth-order valence-corrected chi connectivity index (χ4v) is 3.44. The van der Waals surface area contributed by atoms with Gasteiger partial charge in [0.2, 0.25) is 10.0 Å². The van der Waals surface area contributed by atoms with E-state index in [1.54, 1.807) is 17.7 Å². The molecule has 0 spiro atoms. The van der Waals surface area contributed by atoms with Crippen LogP contribution < -0.4 is 4.72 Å². The Balaban J connectivity index is 1.91.